The molecule has 0 aliphatic rings. The summed E-state index contributed by atoms with van der Waals surface area (Å²) in [5, 5.41) is 4.34. The molecule has 84 valence electrons. The molecule has 0 fully saturated rings. The standard InChI is InChI=1S/C13H10FN3/c1-9-8-17-13(15-9)7-6-12(16-17)10-4-2-3-5-11(10)14/h2-8H,1H3. The first kappa shape index (κ1) is 9.96. The van der Waals surface area contributed by atoms with Gasteiger partial charge in [0, 0.05) is 5.56 Å². The molecule has 0 saturated carbocycles. The average Bonchev–Trinajstić information content (AvgIpc) is 2.68. The molecule has 0 aliphatic heterocycles. The zero-order chi connectivity index (χ0) is 11.8. The van der Waals surface area contributed by atoms with Gasteiger partial charge in [0.05, 0.1) is 17.6 Å². The predicted molar refractivity (Wildman–Crippen MR) is 63.1 cm³/mol. The van der Waals surface area contributed by atoms with Crippen LogP contribution in [0, 0.1) is 12.7 Å². The molecule has 4 heteroatoms. The number of aromatic nitrogens is 3. The molecule has 0 amide bonds. The average molecular weight is 227 g/mol. The van der Waals surface area contributed by atoms with Crippen molar-refractivity contribution in [2.24, 2.45) is 0 Å². The Balaban J connectivity index is 2.21. The van der Waals surface area contributed by atoms with Crippen molar-refractivity contribution in [2.75, 3.05) is 0 Å². The van der Waals surface area contributed by atoms with E-state index >= 15 is 0 Å². The number of nitrogens with zero attached hydrogens (tertiary/aromatic N) is 3. The van der Waals surface area contributed by atoms with Crippen molar-refractivity contribution < 1.29 is 4.39 Å². The maximum atomic E-state index is 13.6. The largest absolute Gasteiger partial charge is 0.232 e. The van der Waals surface area contributed by atoms with Crippen LogP contribution < -0.4 is 0 Å². The van der Waals surface area contributed by atoms with Gasteiger partial charge in [0.25, 0.3) is 0 Å². The van der Waals surface area contributed by atoms with E-state index in [1.165, 1.54) is 6.07 Å². The lowest BCUT2D eigenvalue weighted by Crippen LogP contribution is -1.94. The summed E-state index contributed by atoms with van der Waals surface area (Å²) in [6.45, 7) is 1.90. The molecule has 3 aromatic rings. The fourth-order valence-electron chi connectivity index (χ4n) is 1.81. The van der Waals surface area contributed by atoms with Gasteiger partial charge in [0.15, 0.2) is 5.65 Å². The number of halogens is 1. The summed E-state index contributed by atoms with van der Waals surface area (Å²) in [4.78, 5) is 4.28. The number of rotatable bonds is 1. The first-order valence-electron chi connectivity index (χ1n) is 5.32. The smallest absolute Gasteiger partial charge is 0.153 e. The van der Waals surface area contributed by atoms with E-state index in [1.54, 1.807) is 28.8 Å². The lowest BCUT2D eigenvalue weighted by molar-refractivity contribution is 0.630. The number of benzene rings is 1. The Kier molecular flexibility index (Phi) is 2.14. The molecule has 2 aromatic heterocycles. The van der Waals surface area contributed by atoms with Crippen LogP contribution in [-0.4, -0.2) is 14.6 Å². The molecule has 0 N–H and O–H groups in total. The van der Waals surface area contributed by atoms with Crippen LogP contribution in [0.5, 0.6) is 0 Å². The fourth-order valence-corrected chi connectivity index (χ4v) is 1.81. The van der Waals surface area contributed by atoms with E-state index in [4.69, 9.17) is 0 Å². The van der Waals surface area contributed by atoms with Crippen molar-refractivity contribution in [2.45, 2.75) is 6.92 Å². The van der Waals surface area contributed by atoms with Crippen molar-refractivity contribution in [1.82, 2.24) is 14.6 Å². The Bertz CT molecular complexity index is 688. The van der Waals surface area contributed by atoms with Crippen molar-refractivity contribution in [3.05, 3.63) is 54.1 Å². The summed E-state index contributed by atoms with van der Waals surface area (Å²) in [5.41, 5.74) is 2.76. The second-order valence-electron chi connectivity index (χ2n) is 3.88. The van der Waals surface area contributed by atoms with Crippen LogP contribution in [0.25, 0.3) is 16.9 Å². The third kappa shape index (κ3) is 1.67. The quantitative estimate of drug-likeness (QED) is 0.640. The van der Waals surface area contributed by atoms with Crippen molar-refractivity contribution in [3.63, 3.8) is 0 Å². The first-order valence-corrected chi connectivity index (χ1v) is 5.32. The van der Waals surface area contributed by atoms with E-state index in [1.807, 2.05) is 19.2 Å². The lowest BCUT2D eigenvalue weighted by atomic mass is 10.1. The molecule has 0 bridgehead atoms. The third-order valence-corrected chi connectivity index (χ3v) is 2.59. The van der Waals surface area contributed by atoms with Crippen LogP contribution in [0.4, 0.5) is 4.39 Å². The Morgan fingerprint density at radius 2 is 1.94 bits per heavy atom. The van der Waals surface area contributed by atoms with Gasteiger partial charge in [-0.15, -0.1) is 0 Å². The van der Waals surface area contributed by atoms with E-state index in [0.717, 1.165) is 11.3 Å². The molecule has 3 rings (SSSR count). The summed E-state index contributed by atoms with van der Waals surface area (Å²) >= 11 is 0. The maximum Gasteiger partial charge on any atom is 0.153 e. The molecule has 2 heterocycles. The number of fused-ring (bicyclic) bond motifs is 1. The lowest BCUT2D eigenvalue weighted by Gasteiger charge is -2.02. The van der Waals surface area contributed by atoms with Gasteiger partial charge in [0.2, 0.25) is 0 Å². The number of hydrogen-bond acceptors (Lipinski definition) is 2. The molecule has 17 heavy (non-hydrogen) atoms. The Morgan fingerprint density at radius 3 is 2.76 bits per heavy atom. The molecule has 0 radical (unpaired) electrons. The molecule has 0 atom stereocenters. The molecular formula is C13H10FN3. The van der Waals surface area contributed by atoms with Gasteiger partial charge in [-0.05, 0) is 31.2 Å². The van der Waals surface area contributed by atoms with Crippen LogP contribution >= 0.6 is 0 Å². The topological polar surface area (TPSA) is 30.2 Å². The summed E-state index contributed by atoms with van der Waals surface area (Å²) in [7, 11) is 0. The molecule has 0 saturated heterocycles. The number of hydrogen-bond donors (Lipinski definition) is 0. The fraction of sp³-hybridized carbons (Fsp3) is 0.0769. The zero-order valence-corrected chi connectivity index (χ0v) is 9.26. The second kappa shape index (κ2) is 3.66. The molecule has 3 nitrogen and oxygen atoms in total. The molecular weight excluding hydrogens is 217 g/mol. The highest BCUT2D eigenvalue weighted by atomic mass is 19.1. The molecule has 1 aromatic carbocycles. The zero-order valence-electron chi connectivity index (χ0n) is 9.26. The van der Waals surface area contributed by atoms with E-state index in [9.17, 15) is 4.39 Å². The summed E-state index contributed by atoms with van der Waals surface area (Å²) in [6.07, 6.45) is 1.82. The first-order chi connectivity index (χ1) is 8.24. The van der Waals surface area contributed by atoms with E-state index in [2.05, 4.69) is 10.1 Å². The van der Waals surface area contributed by atoms with Gasteiger partial charge in [-0.2, -0.15) is 5.10 Å². The van der Waals surface area contributed by atoms with Crippen molar-refractivity contribution in [1.29, 1.82) is 0 Å². The van der Waals surface area contributed by atoms with Gasteiger partial charge in [-0.25, -0.2) is 13.9 Å². The maximum absolute atomic E-state index is 13.6. The van der Waals surface area contributed by atoms with Gasteiger partial charge in [0.1, 0.15) is 5.82 Å². The summed E-state index contributed by atoms with van der Waals surface area (Å²) in [5.74, 6) is -0.267. The molecule has 0 unspecified atom stereocenters. The van der Waals surface area contributed by atoms with Gasteiger partial charge >= 0.3 is 0 Å². The summed E-state index contributed by atoms with van der Waals surface area (Å²) in [6, 6.07) is 10.2. The Morgan fingerprint density at radius 1 is 1.12 bits per heavy atom. The Hall–Kier alpha value is -2.23. The van der Waals surface area contributed by atoms with Crippen LogP contribution in [0.2, 0.25) is 0 Å². The van der Waals surface area contributed by atoms with Crippen LogP contribution in [-0.2, 0) is 0 Å². The van der Waals surface area contributed by atoms with Crippen LogP contribution in [0.1, 0.15) is 5.69 Å². The minimum atomic E-state index is -0.267. The highest BCUT2D eigenvalue weighted by Crippen LogP contribution is 2.20. The van der Waals surface area contributed by atoms with E-state index in [0.29, 0.717) is 11.3 Å². The Labute approximate surface area is 97.5 Å². The summed E-state index contributed by atoms with van der Waals surface area (Å²) < 4.78 is 15.3. The van der Waals surface area contributed by atoms with Gasteiger partial charge in [-0.1, -0.05) is 12.1 Å². The molecule has 0 aliphatic carbocycles. The van der Waals surface area contributed by atoms with Crippen LogP contribution in [0.15, 0.2) is 42.6 Å². The van der Waals surface area contributed by atoms with E-state index in [-0.39, 0.29) is 5.82 Å². The normalized spacial score (nSPS) is 10.9. The SMILES string of the molecule is Cc1cn2nc(-c3ccccc3F)ccc2n1. The minimum Gasteiger partial charge on any atom is -0.232 e. The second-order valence-corrected chi connectivity index (χ2v) is 3.88. The number of imidazole rings is 1. The highest BCUT2D eigenvalue weighted by molar-refractivity contribution is 5.60. The monoisotopic (exact) mass is 227 g/mol. The van der Waals surface area contributed by atoms with E-state index < -0.39 is 0 Å². The third-order valence-electron chi connectivity index (χ3n) is 2.59. The van der Waals surface area contributed by atoms with Crippen molar-refractivity contribution in [3.8, 4) is 11.3 Å². The molecule has 0 spiro atoms. The number of aryl methyl sites for hydroxylation is 1. The minimum absolute atomic E-state index is 0.267. The van der Waals surface area contributed by atoms with Crippen LogP contribution in [0.3, 0.4) is 0 Å². The predicted octanol–water partition coefficient (Wildman–Crippen LogP) is 2.84. The highest BCUT2D eigenvalue weighted by Gasteiger charge is 2.07. The van der Waals surface area contributed by atoms with Crippen molar-refractivity contribution >= 4 is 5.65 Å². The van der Waals surface area contributed by atoms with Gasteiger partial charge in [-0.3, -0.25) is 0 Å². The van der Waals surface area contributed by atoms with Gasteiger partial charge < -0.3 is 0 Å².